The van der Waals surface area contributed by atoms with Gasteiger partial charge in [0.25, 0.3) is 0 Å². The minimum Gasteiger partial charge on any atom is -0.497 e. The first-order valence-electron chi connectivity index (χ1n) is 34.8. The summed E-state index contributed by atoms with van der Waals surface area (Å²) in [7, 11) is 4.81. The molecule has 0 spiro atoms. The number of aromatic amines is 6. The summed E-state index contributed by atoms with van der Waals surface area (Å²) < 4.78 is 21.5. The lowest BCUT2D eigenvalue weighted by Gasteiger charge is -2.07. The van der Waals surface area contributed by atoms with Crippen molar-refractivity contribution in [3.63, 3.8) is 0 Å². The Morgan fingerprint density at radius 3 is 1.11 bits per heavy atom. The predicted molar refractivity (Wildman–Crippen MR) is 447 cm³/mol. The molecule has 10 aromatic carbocycles. The quantitative estimate of drug-likeness (QED) is 0.0161. The number of nitrogens with zero attached hydrogens (tertiary/aromatic N) is 7. The molecule has 0 radical (unpaired) electrons. The normalized spacial score (nSPS) is 11.0. The monoisotopic (exact) mass is 1560 g/mol. The SMILES string of the molecule is COc1ccc(C(=O)CSc2nc3ccccc3[nH]2)cc1.COc1ccc2nc(SCC(=O)Nc3cccc(NC(=O)CSc4nc5ccc(OC)cc5[nH]4)n3)[nH]c2c1.Cc1ccc(C(=O)CSc2nc3ccccc3[nH]2)cc1.Nc1ccc2nc(-c3ccc(Oc4ccc(-c5nc6ccc(N)cc6[nH]5)cc4)cc3)[nH]c2c1. The van der Waals surface area contributed by atoms with Gasteiger partial charge in [-0.05, 0) is 177 Å². The number of carbonyl (C=O) groups is 4. The molecule has 0 bridgehead atoms. The number of amides is 2. The van der Waals surface area contributed by atoms with Crippen LogP contribution in [0, 0.1) is 6.92 Å². The maximum Gasteiger partial charge on any atom is 0.236 e. The summed E-state index contributed by atoms with van der Waals surface area (Å²) in [6, 6.07) is 73.4. The number of nitrogen functional groups attached to an aromatic ring is 2. The van der Waals surface area contributed by atoms with E-state index in [1.54, 1.807) is 63.8 Å². The first-order valence-corrected chi connectivity index (χ1v) is 38.7. The Morgan fingerprint density at radius 2 is 0.688 bits per heavy atom. The molecule has 0 saturated carbocycles. The Labute approximate surface area is 657 Å². The molecule has 0 fully saturated rings. The van der Waals surface area contributed by atoms with Gasteiger partial charge in [0, 0.05) is 45.8 Å². The number of Topliss-reactive ketones (excluding diaryl/α,β-unsaturated/α-hetero) is 2. The van der Waals surface area contributed by atoms with Crippen molar-refractivity contribution in [1.82, 2.24) is 64.8 Å². The number of nitrogens with one attached hydrogen (secondary N) is 8. The van der Waals surface area contributed by atoms with Gasteiger partial charge in [-0.2, -0.15) is 0 Å². The number of pyridine rings is 1. The Bertz CT molecular complexity index is 5880. The van der Waals surface area contributed by atoms with E-state index in [-0.39, 0.29) is 34.9 Å². The molecule has 29 heteroatoms. The van der Waals surface area contributed by atoms with Crippen molar-refractivity contribution in [1.29, 1.82) is 0 Å². The Hall–Kier alpha value is -13.4. The largest absolute Gasteiger partial charge is 0.497 e. The van der Waals surface area contributed by atoms with E-state index in [1.807, 2.05) is 201 Å². The van der Waals surface area contributed by atoms with Gasteiger partial charge in [0.05, 0.1) is 111 Å². The molecule has 0 aliphatic carbocycles. The number of fused-ring (bicyclic) bond motifs is 6. The topological polar surface area (TPSA) is 366 Å². The highest BCUT2D eigenvalue weighted by molar-refractivity contribution is 8.00. The molecule has 112 heavy (non-hydrogen) atoms. The second-order valence-electron chi connectivity index (χ2n) is 24.9. The molecule has 0 aliphatic rings. The third-order valence-corrected chi connectivity index (χ3v) is 20.5. The number of nitrogens with two attached hydrogens (primary N) is 2. The molecular weight excluding hydrogens is 1490 g/mol. The maximum absolute atomic E-state index is 12.5. The van der Waals surface area contributed by atoms with Gasteiger partial charge in [-0.1, -0.05) is 107 Å². The smallest absolute Gasteiger partial charge is 0.236 e. The summed E-state index contributed by atoms with van der Waals surface area (Å²) in [6.07, 6.45) is 0. The predicted octanol–water partition coefficient (Wildman–Crippen LogP) is 17.4. The molecule has 7 heterocycles. The van der Waals surface area contributed by atoms with Gasteiger partial charge in [-0.3, -0.25) is 19.2 Å². The Morgan fingerprint density at radius 1 is 0.339 bits per heavy atom. The number of para-hydroxylation sites is 4. The number of imidazole rings is 6. The number of carbonyl (C=O) groups excluding carboxylic acids is 4. The number of ether oxygens (including phenoxy) is 4. The van der Waals surface area contributed by atoms with Crippen LogP contribution in [0.4, 0.5) is 23.0 Å². The van der Waals surface area contributed by atoms with Gasteiger partial charge >= 0.3 is 0 Å². The standard InChI is InChI=1S/C26H20N6O.C25H23N7O4S2.C16H14N2O2S.C16H14N2OS/c27-17-5-11-21-23(13-17)31-25(29-21)15-1-7-19(8-2-15)33-20-9-3-16(4-10-20)26-30-22-12-6-18(28)14-24(22)32-26;1-35-14-6-8-16-18(10-14)28-24(26-16)37-12-22(33)31-20-4-3-5-21(30-20)32-23(34)13-38-25-27-17-9-7-15(36-2)11-19(17)29-25;1-20-12-8-6-11(7-9-12)15(19)10-21-16-17-13-4-2-3-5-14(13)18-16;1-11-6-8-12(9-7-11)15(19)10-20-16-17-13-4-2-3-5-14(13)18-16/h1-14H,27-28H2,(H,29,31)(H,30,32);3-11H,12-13H2,1-2H3,(H,26,28)(H,27,29)(H2,30,31,32,33,34);2-9H,10H2,1H3,(H,17,18);2-9H,10H2,1H3,(H,17,18). The minimum absolute atomic E-state index is 0.0723. The summed E-state index contributed by atoms with van der Waals surface area (Å²) in [5, 5.41) is 8.28. The lowest BCUT2D eigenvalue weighted by Crippen LogP contribution is -2.18. The molecule has 17 aromatic rings. The zero-order chi connectivity index (χ0) is 77.5. The lowest BCUT2D eigenvalue weighted by molar-refractivity contribution is -0.114. The zero-order valence-corrected chi connectivity index (χ0v) is 63.8. The van der Waals surface area contributed by atoms with E-state index in [1.165, 1.54) is 47.0 Å². The van der Waals surface area contributed by atoms with Gasteiger partial charge in [0.1, 0.15) is 52.0 Å². The van der Waals surface area contributed by atoms with E-state index in [4.69, 9.17) is 30.4 Å². The average molecular weight is 1560 g/mol. The number of anilines is 4. The van der Waals surface area contributed by atoms with Crippen LogP contribution in [-0.4, -0.2) is 133 Å². The second-order valence-corrected chi connectivity index (χ2v) is 28.8. The van der Waals surface area contributed by atoms with E-state index in [2.05, 4.69) is 75.4 Å². The van der Waals surface area contributed by atoms with Gasteiger partial charge < -0.3 is 71.0 Å². The summed E-state index contributed by atoms with van der Waals surface area (Å²) in [6.45, 7) is 2.01. The number of hydrogen-bond donors (Lipinski definition) is 10. The second kappa shape index (κ2) is 35.3. The fraction of sp³-hybridized carbons (Fsp3) is 0.0964. The first-order chi connectivity index (χ1) is 54.6. The third-order valence-electron chi connectivity index (χ3n) is 17.0. The highest BCUT2D eigenvalue weighted by Crippen LogP contribution is 2.32. The van der Waals surface area contributed by atoms with Gasteiger partial charge in [-0.15, -0.1) is 0 Å². The van der Waals surface area contributed by atoms with Crippen LogP contribution in [0.3, 0.4) is 0 Å². The van der Waals surface area contributed by atoms with Crippen molar-refractivity contribution >= 4 is 160 Å². The van der Waals surface area contributed by atoms with Crippen molar-refractivity contribution in [3.05, 3.63) is 253 Å². The number of methoxy groups -OCH3 is 3. The fourth-order valence-electron chi connectivity index (χ4n) is 11.3. The van der Waals surface area contributed by atoms with Crippen molar-refractivity contribution in [2.45, 2.75) is 27.5 Å². The lowest BCUT2D eigenvalue weighted by atomic mass is 10.1. The highest BCUT2D eigenvalue weighted by Gasteiger charge is 2.16. The van der Waals surface area contributed by atoms with Crippen molar-refractivity contribution < 1.29 is 38.1 Å². The molecule has 0 saturated heterocycles. The van der Waals surface area contributed by atoms with Crippen LogP contribution in [0.15, 0.2) is 257 Å². The first kappa shape index (κ1) is 75.5. The molecule has 2 amide bonds. The van der Waals surface area contributed by atoms with Gasteiger partial charge in [0.2, 0.25) is 11.8 Å². The number of thioether (sulfide) groups is 4. The number of aromatic nitrogens is 13. The minimum atomic E-state index is -0.249. The molecule has 0 aliphatic heterocycles. The average Bonchev–Trinajstić information content (AvgIpc) is 1.73. The van der Waals surface area contributed by atoms with Crippen LogP contribution in [0.2, 0.25) is 0 Å². The molecule has 0 unspecified atom stereocenters. The van der Waals surface area contributed by atoms with E-state index in [0.29, 0.717) is 50.4 Å². The molecule has 12 N–H and O–H groups in total. The van der Waals surface area contributed by atoms with Gasteiger partial charge in [-0.25, -0.2) is 34.9 Å². The van der Waals surface area contributed by atoms with E-state index < -0.39 is 0 Å². The zero-order valence-electron chi connectivity index (χ0n) is 60.5. The van der Waals surface area contributed by atoms with E-state index in [0.717, 1.165) is 139 Å². The fourth-order valence-corrected chi connectivity index (χ4v) is 14.2. The number of aryl methyl sites for hydroxylation is 1. The van der Waals surface area contributed by atoms with Gasteiger partial charge in [0.15, 0.2) is 32.2 Å². The highest BCUT2D eigenvalue weighted by atomic mass is 32.2. The number of benzene rings is 10. The van der Waals surface area contributed by atoms with Crippen molar-refractivity contribution in [3.8, 4) is 51.5 Å². The molecule has 560 valence electrons. The molecular formula is C83H71N17O8S4. The summed E-state index contributed by atoms with van der Waals surface area (Å²) in [5.74, 6) is 6.64. The number of rotatable bonds is 23. The molecule has 0 atom stereocenters. The van der Waals surface area contributed by atoms with E-state index >= 15 is 0 Å². The van der Waals surface area contributed by atoms with Crippen LogP contribution < -0.4 is 41.0 Å². The maximum atomic E-state index is 12.5. The van der Waals surface area contributed by atoms with Crippen molar-refractivity contribution in [2.75, 3.05) is 66.4 Å². The van der Waals surface area contributed by atoms with Crippen LogP contribution in [0.25, 0.3) is 89.0 Å². The number of hydrogen-bond acceptors (Lipinski definition) is 21. The Balaban J connectivity index is 0.000000128. The van der Waals surface area contributed by atoms with Crippen molar-refractivity contribution in [2.24, 2.45) is 0 Å². The molecule has 25 nitrogen and oxygen atoms in total. The summed E-state index contributed by atoms with van der Waals surface area (Å²) in [5.41, 5.74) is 28.3. The Kier molecular flexibility index (Phi) is 23.8. The molecule has 17 rings (SSSR count). The molecule has 7 aromatic heterocycles. The summed E-state index contributed by atoms with van der Waals surface area (Å²) in [4.78, 5) is 99.9. The van der Waals surface area contributed by atoms with E-state index in [9.17, 15) is 19.2 Å². The van der Waals surface area contributed by atoms with Crippen LogP contribution in [-0.2, 0) is 9.59 Å². The summed E-state index contributed by atoms with van der Waals surface area (Å²) >= 11 is 5.40. The van der Waals surface area contributed by atoms with Crippen LogP contribution in [0.1, 0.15) is 26.3 Å². The van der Waals surface area contributed by atoms with Crippen LogP contribution >= 0.6 is 47.0 Å². The number of H-pyrrole nitrogens is 6. The number of ketones is 2. The third kappa shape index (κ3) is 19.6. The van der Waals surface area contributed by atoms with Crippen LogP contribution in [0.5, 0.6) is 28.7 Å².